The Bertz CT molecular complexity index is 700. The Kier molecular flexibility index (Phi) is 3.89. The van der Waals surface area contributed by atoms with Crippen LogP contribution in [0.5, 0.6) is 0 Å². The van der Waals surface area contributed by atoms with Gasteiger partial charge in [0, 0.05) is 9.35 Å². The Balaban J connectivity index is 2.41. The average molecular weight is 361 g/mol. The first-order valence-electron chi connectivity index (χ1n) is 5.44. The molecular weight excluding hydrogens is 348 g/mol. The Labute approximate surface area is 124 Å². The van der Waals surface area contributed by atoms with Gasteiger partial charge >= 0.3 is 0 Å². The second-order valence-electron chi connectivity index (χ2n) is 4.16. The van der Waals surface area contributed by atoms with E-state index in [4.69, 9.17) is 5.73 Å². The Morgan fingerprint density at radius 2 is 1.95 bits per heavy atom. The lowest BCUT2D eigenvalue weighted by Gasteiger charge is -2.12. The quantitative estimate of drug-likeness (QED) is 0.822. The van der Waals surface area contributed by atoms with Crippen molar-refractivity contribution >= 4 is 48.7 Å². The maximum Gasteiger partial charge on any atom is 0.271 e. The van der Waals surface area contributed by atoms with Crippen LogP contribution in [0.2, 0.25) is 0 Å². The van der Waals surface area contributed by atoms with E-state index in [0.717, 1.165) is 14.9 Å². The normalized spacial score (nSPS) is 11.5. The smallest absolute Gasteiger partial charge is 0.271 e. The zero-order chi connectivity index (χ0) is 14.2. The van der Waals surface area contributed by atoms with Crippen molar-refractivity contribution in [3.8, 4) is 0 Å². The highest BCUT2D eigenvalue weighted by Gasteiger charge is 2.18. The van der Waals surface area contributed by atoms with Crippen LogP contribution in [-0.4, -0.2) is 8.42 Å². The van der Waals surface area contributed by atoms with E-state index in [1.54, 1.807) is 25.1 Å². The fourth-order valence-electron chi connectivity index (χ4n) is 1.65. The van der Waals surface area contributed by atoms with Gasteiger partial charge in [-0.15, -0.1) is 11.3 Å². The summed E-state index contributed by atoms with van der Waals surface area (Å²) in [6, 6.07) is 6.85. The van der Waals surface area contributed by atoms with Gasteiger partial charge in [-0.2, -0.15) is 0 Å². The predicted octanol–water partition coefficient (Wildman–Crippen LogP) is 3.51. The standard InChI is InChI=1S/C12H13BrN2O2S2/c1-7-5-9(13)6-10(14)12(7)15-19(16,17)11-4-3-8(2)18-11/h3-6,15H,14H2,1-2H3. The minimum Gasteiger partial charge on any atom is -0.397 e. The monoisotopic (exact) mass is 360 g/mol. The zero-order valence-corrected chi connectivity index (χ0v) is 13.6. The van der Waals surface area contributed by atoms with Crippen LogP contribution in [0.1, 0.15) is 10.4 Å². The summed E-state index contributed by atoms with van der Waals surface area (Å²) in [5, 5.41) is 0. The second-order valence-corrected chi connectivity index (χ2v) is 8.27. The fraction of sp³-hybridized carbons (Fsp3) is 0.167. The average Bonchev–Trinajstić information content (AvgIpc) is 2.71. The largest absolute Gasteiger partial charge is 0.397 e. The number of aryl methyl sites for hydroxylation is 2. The molecule has 2 rings (SSSR count). The highest BCUT2D eigenvalue weighted by molar-refractivity contribution is 9.10. The number of rotatable bonds is 3. The molecular formula is C12H13BrN2O2S2. The highest BCUT2D eigenvalue weighted by atomic mass is 79.9. The van der Waals surface area contributed by atoms with Crippen LogP contribution in [0.15, 0.2) is 32.9 Å². The van der Waals surface area contributed by atoms with Crippen molar-refractivity contribution in [3.63, 3.8) is 0 Å². The first kappa shape index (κ1) is 14.4. The number of nitrogen functional groups attached to an aromatic ring is 1. The van der Waals surface area contributed by atoms with Gasteiger partial charge in [0.25, 0.3) is 10.0 Å². The van der Waals surface area contributed by atoms with Gasteiger partial charge in [0.2, 0.25) is 0 Å². The van der Waals surface area contributed by atoms with Gasteiger partial charge in [-0.05, 0) is 43.7 Å². The Morgan fingerprint density at radius 1 is 1.26 bits per heavy atom. The summed E-state index contributed by atoms with van der Waals surface area (Å²) >= 11 is 4.55. The lowest BCUT2D eigenvalue weighted by Crippen LogP contribution is -2.14. The molecule has 1 aromatic heterocycles. The summed E-state index contributed by atoms with van der Waals surface area (Å²) in [6.07, 6.45) is 0. The van der Waals surface area contributed by atoms with Gasteiger partial charge in [-0.1, -0.05) is 15.9 Å². The number of thiophene rings is 1. The van der Waals surface area contributed by atoms with Crippen LogP contribution in [0.25, 0.3) is 0 Å². The minimum absolute atomic E-state index is 0.284. The molecule has 0 aliphatic rings. The molecule has 0 atom stereocenters. The molecule has 0 bridgehead atoms. The number of nitrogens with two attached hydrogens (primary N) is 1. The molecule has 1 heterocycles. The topological polar surface area (TPSA) is 72.2 Å². The number of hydrogen-bond donors (Lipinski definition) is 2. The number of sulfonamides is 1. The van der Waals surface area contributed by atoms with Gasteiger partial charge in [0.15, 0.2) is 0 Å². The molecule has 0 spiro atoms. The number of benzene rings is 1. The van der Waals surface area contributed by atoms with Crippen LogP contribution in [0.4, 0.5) is 11.4 Å². The summed E-state index contributed by atoms with van der Waals surface area (Å²) in [7, 11) is -3.58. The third kappa shape index (κ3) is 3.10. The maximum atomic E-state index is 12.2. The van der Waals surface area contributed by atoms with Crippen molar-refractivity contribution in [3.05, 3.63) is 39.2 Å². The van der Waals surface area contributed by atoms with Crippen molar-refractivity contribution in [2.75, 3.05) is 10.5 Å². The van der Waals surface area contributed by atoms with E-state index in [0.29, 0.717) is 11.4 Å². The fourth-order valence-corrected chi connectivity index (χ4v) is 4.68. The molecule has 102 valence electrons. The SMILES string of the molecule is Cc1ccc(S(=O)(=O)Nc2c(C)cc(Br)cc2N)s1. The Hall–Kier alpha value is -1.05. The lowest BCUT2D eigenvalue weighted by atomic mass is 10.2. The molecule has 0 aliphatic heterocycles. The number of nitrogens with one attached hydrogen (secondary N) is 1. The second kappa shape index (κ2) is 5.15. The van der Waals surface area contributed by atoms with Gasteiger partial charge in [-0.25, -0.2) is 8.42 Å². The van der Waals surface area contributed by atoms with E-state index in [-0.39, 0.29) is 4.21 Å². The molecule has 3 N–H and O–H groups in total. The third-order valence-corrected chi connectivity index (χ3v) is 5.85. The molecule has 0 saturated heterocycles. The van der Waals surface area contributed by atoms with E-state index in [1.807, 2.05) is 13.0 Å². The highest BCUT2D eigenvalue weighted by Crippen LogP contribution is 2.31. The molecule has 0 unspecified atom stereocenters. The maximum absolute atomic E-state index is 12.2. The summed E-state index contributed by atoms with van der Waals surface area (Å²) in [5.41, 5.74) is 7.44. The van der Waals surface area contributed by atoms with Crippen molar-refractivity contribution in [1.29, 1.82) is 0 Å². The minimum atomic E-state index is -3.58. The first-order chi connectivity index (χ1) is 8.79. The molecule has 0 radical (unpaired) electrons. The van der Waals surface area contributed by atoms with Crippen molar-refractivity contribution in [2.45, 2.75) is 18.1 Å². The summed E-state index contributed by atoms with van der Waals surface area (Å²) in [4.78, 5) is 0.945. The summed E-state index contributed by atoms with van der Waals surface area (Å²) in [5.74, 6) is 0. The van der Waals surface area contributed by atoms with Gasteiger partial charge in [0.1, 0.15) is 4.21 Å². The van der Waals surface area contributed by atoms with Gasteiger partial charge in [-0.3, -0.25) is 4.72 Å². The van der Waals surface area contributed by atoms with Crippen LogP contribution in [0, 0.1) is 13.8 Å². The molecule has 19 heavy (non-hydrogen) atoms. The van der Waals surface area contributed by atoms with Gasteiger partial charge < -0.3 is 5.73 Å². The van der Waals surface area contributed by atoms with Crippen LogP contribution < -0.4 is 10.5 Å². The Morgan fingerprint density at radius 3 is 2.47 bits per heavy atom. The van der Waals surface area contributed by atoms with Crippen LogP contribution >= 0.6 is 27.3 Å². The lowest BCUT2D eigenvalue weighted by molar-refractivity contribution is 0.603. The molecule has 4 nitrogen and oxygen atoms in total. The summed E-state index contributed by atoms with van der Waals surface area (Å²) < 4.78 is 28.1. The van der Waals surface area contributed by atoms with E-state index in [9.17, 15) is 8.42 Å². The van der Waals surface area contributed by atoms with E-state index < -0.39 is 10.0 Å². The van der Waals surface area contributed by atoms with E-state index in [2.05, 4.69) is 20.7 Å². The number of hydrogen-bond acceptors (Lipinski definition) is 4. The third-order valence-electron chi connectivity index (χ3n) is 2.55. The molecule has 0 saturated carbocycles. The van der Waals surface area contributed by atoms with Crippen molar-refractivity contribution in [2.24, 2.45) is 0 Å². The van der Waals surface area contributed by atoms with Crippen LogP contribution in [0.3, 0.4) is 0 Å². The molecule has 0 aliphatic carbocycles. The molecule has 2 aromatic rings. The molecule has 0 fully saturated rings. The molecule has 1 aromatic carbocycles. The zero-order valence-electron chi connectivity index (χ0n) is 10.4. The number of halogens is 1. The van der Waals surface area contributed by atoms with E-state index >= 15 is 0 Å². The van der Waals surface area contributed by atoms with E-state index in [1.165, 1.54) is 11.3 Å². The molecule has 7 heteroatoms. The first-order valence-corrected chi connectivity index (χ1v) is 8.54. The predicted molar refractivity (Wildman–Crippen MR) is 83.2 cm³/mol. The molecule has 0 amide bonds. The van der Waals surface area contributed by atoms with Crippen LogP contribution in [-0.2, 0) is 10.0 Å². The van der Waals surface area contributed by atoms with Crippen molar-refractivity contribution < 1.29 is 8.42 Å². The number of anilines is 2. The van der Waals surface area contributed by atoms with Crippen molar-refractivity contribution in [1.82, 2.24) is 0 Å². The van der Waals surface area contributed by atoms with Gasteiger partial charge in [0.05, 0.1) is 11.4 Å². The summed E-state index contributed by atoms with van der Waals surface area (Å²) in [6.45, 7) is 3.67.